The van der Waals surface area contributed by atoms with E-state index in [1.165, 1.54) is 4.88 Å². The molecule has 1 N–H and O–H groups in total. The van der Waals surface area contributed by atoms with Gasteiger partial charge in [-0.2, -0.15) is 0 Å². The summed E-state index contributed by atoms with van der Waals surface area (Å²) in [7, 11) is 0. The van der Waals surface area contributed by atoms with Crippen LogP contribution >= 0.6 is 23.1 Å². The number of fused-ring (bicyclic) bond motifs is 3. The number of carbonyl (C=O) groups excluding carboxylic acids is 2. The van der Waals surface area contributed by atoms with E-state index in [1.807, 2.05) is 0 Å². The number of amides is 2. The fourth-order valence-electron chi connectivity index (χ4n) is 3.25. The smallest absolute Gasteiger partial charge is 0.413 e. The predicted molar refractivity (Wildman–Crippen MR) is 111 cm³/mol. The number of ether oxygens (including phenoxy) is 1. The number of rotatable bonds is 6. The van der Waals surface area contributed by atoms with E-state index in [2.05, 4.69) is 23.8 Å². The maximum absolute atomic E-state index is 13.2. The van der Waals surface area contributed by atoms with Crippen LogP contribution in [0.5, 0.6) is 0 Å². The second kappa shape index (κ2) is 8.91. The van der Waals surface area contributed by atoms with Gasteiger partial charge in [0.25, 0.3) is 5.56 Å². The highest BCUT2D eigenvalue weighted by Gasteiger charge is 2.24. The first kappa shape index (κ1) is 20.6. The van der Waals surface area contributed by atoms with Crippen LogP contribution in [0.4, 0.5) is 4.79 Å². The van der Waals surface area contributed by atoms with Gasteiger partial charge in [-0.15, -0.1) is 17.9 Å². The Morgan fingerprint density at radius 1 is 1.50 bits per heavy atom. The van der Waals surface area contributed by atoms with E-state index in [9.17, 15) is 14.4 Å². The summed E-state index contributed by atoms with van der Waals surface area (Å²) in [5, 5.41) is 3.30. The Morgan fingerprint density at radius 2 is 2.29 bits per heavy atom. The number of aryl methyl sites for hydroxylation is 1. The summed E-state index contributed by atoms with van der Waals surface area (Å²) in [6.45, 7) is 8.10. The molecule has 0 aromatic carbocycles. The third kappa shape index (κ3) is 4.30. The van der Waals surface area contributed by atoms with Crippen molar-refractivity contribution in [2.45, 2.75) is 44.8 Å². The van der Waals surface area contributed by atoms with Crippen LogP contribution in [0.15, 0.2) is 22.6 Å². The molecule has 0 radical (unpaired) electrons. The van der Waals surface area contributed by atoms with Gasteiger partial charge >= 0.3 is 6.09 Å². The van der Waals surface area contributed by atoms with Crippen molar-refractivity contribution >= 4 is 45.3 Å². The third-order valence-electron chi connectivity index (χ3n) is 4.54. The summed E-state index contributed by atoms with van der Waals surface area (Å²) in [6.07, 6.45) is 3.81. The molecule has 7 nitrogen and oxygen atoms in total. The zero-order valence-corrected chi connectivity index (χ0v) is 17.6. The second-order valence-electron chi connectivity index (χ2n) is 6.69. The Balaban J connectivity index is 1.90. The number of aromatic nitrogens is 2. The highest BCUT2D eigenvalue weighted by Crippen LogP contribution is 2.36. The minimum atomic E-state index is -0.778. The summed E-state index contributed by atoms with van der Waals surface area (Å²) >= 11 is 2.69. The molecule has 2 heterocycles. The predicted octanol–water partition coefficient (Wildman–Crippen LogP) is 3.13. The molecule has 2 aromatic heterocycles. The summed E-state index contributed by atoms with van der Waals surface area (Å²) < 4.78 is 6.24. The molecule has 0 aliphatic heterocycles. The van der Waals surface area contributed by atoms with Crippen molar-refractivity contribution in [1.82, 2.24) is 14.9 Å². The normalized spacial score (nSPS) is 15.9. The Labute approximate surface area is 171 Å². The zero-order chi connectivity index (χ0) is 20.3. The van der Waals surface area contributed by atoms with Crippen LogP contribution < -0.4 is 10.9 Å². The molecule has 2 aromatic rings. The largest absolute Gasteiger partial charge is 0.450 e. The van der Waals surface area contributed by atoms with Crippen LogP contribution in [-0.2, 0) is 28.9 Å². The van der Waals surface area contributed by atoms with Gasteiger partial charge in [-0.1, -0.05) is 24.8 Å². The number of thiophene rings is 1. The molecular weight excluding hydrogens is 398 g/mol. The van der Waals surface area contributed by atoms with E-state index < -0.39 is 12.0 Å². The monoisotopic (exact) mass is 421 g/mol. The van der Waals surface area contributed by atoms with Gasteiger partial charge in [-0.25, -0.2) is 9.78 Å². The number of alkyl carbamates (subject to hydrolysis) is 1. The number of nitrogens with one attached hydrogen (secondary N) is 1. The Kier molecular flexibility index (Phi) is 6.56. The lowest BCUT2D eigenvalue weighted by Crippen LogP contribution is -2.32. The van der Waals surface area contributed by atoms with Crippen LogP contribution in [0, 0.1) is 5.92 Å². The van der Waals surface area contributed by atoms with E-state index >= 15 is 0 Å². The number of thioether (sulfide) groups is 1. The van der Waals surface area contributed by atoms with E-state index in [0.717, 1.165) is 41.4 Å². The number of allylic oxidation sites excluding steroid dienone is 1. The molecule has 1 atom stereocenters. The summed E-state index contributed by atoms with van der Waals surface area (Å²) in [4.78, 5) is 43.1. The highest BCUT2D eigenvalue weighted by atomic mass is 32.2. The highest BCUT2D eigenvalue weighted by molar-refractivity contribution is 7.99. The van der Waals surface area contributed by atoms with Crippen molar-refractivity contribution in [1.29, 1.82) is 0 Å². The molecule has 0 fully saturated rings. The lowest BCUT2D eigenvalue weighted by atomic mass is 9.89. The Hall–Kier alpha value is -2.13. The van der Waals surface area contributed by atoms with Crippen LogP contribution in [0.2, 0.25) is 0 Å². The molecule has 150 valence electrons. The van der Waals surface area contributed by atoms with Gasteiger partial charge < -0.3 is 4.74 Å². The van der Waals surface area contributed by atoms with Gasteiger partial charge in [0.05, 0.1) is 17.7 Å². The molecular formula is C19H23N3O4S2. The Bertz CT molecular complexity index is 980. The summed E-state index contributed by atoms with van der Waals surface area (Å²) in [5.41, 5.74) is 1.04. The number of imide groups is 1. The van der Waals surface area contributed by atoms with Crippen molar-refractivity contribution in [3.8, 4) is 0 Å². The molecule has 9 heteroatoms. The molecule has 0 saturated carbocycles. The second-order valence-corrected chi connectivity index (χ2v) is 8.71. The Morgan fingerprint density at radius 3 is 3.00 bits per heavy atom. The van der Waals surface area contributed by atoms with E-state index in [4.69, 9.17) is 4.74 Å². The molecule has 3 rings (SSSR count). The molecule has 1 aliphatic carbocycles. The molecule has 0 spiro atoms. The molecule has 0 saturated heterocycles. The van der Waals surface area contributed by atoms with Gasteiger partial charge in [0.15, 0.2) is 5.16 Å². The molecule has 1 aliphatic rings. The number of carbonyl (C=O) groups is 2. The van der Waals surface area contributed by atoms with Crippen molar-refractivity contribution in [3.63, 3.8) is 0 Å². The number of hydrogen-bond acceptors (Lipinski definition) is 7. The molecule has 1 unspecified atom stereocenters. The first-order valence-corrected chi connectivity index (χ1v) is 11.0. The van der Waals surface area contributed by atoms with Gasteiger partial charge in [-0.05, 0) is 37.7 Å². The quantitative estimate of drug-likeness (QED) is 0.438. The number of hydrogen-bond donors (Lipinski definition) is 1. The molecule has 2 amide bonds. The van der Waals surface area contributed by atoms with Crippen LogP contribution in [0.1, 0.15) is 30.7 Å². The van der Waals surface area contributed by atoms with Crippen LogP contribution in [0.3, 0.4) is 0 Å². The topological polar surface area (TPSA) is 90.3 Å². The van der Waals surface area contributed by atoms with Crippen molar-refractivity contribution < 1.29 is 14.3 Å². The van der Waals surface area contributed by atoms with Gasteiger partial charge in [0, 0.05) is 11.4 Å². The summed E-state index contributed by atoms with van der Waals surface area (Å²) in [5.74, 6) is 0.0642. The van der Waals surface area contributed by atoms with E-state index in [-0.39, 0.29) is 17.9 Å². The molecule has 0 bridgehead atoms. The first-order valence-electron chi connectivity index (χ1n) is 9.19. The van der Waals surface area contributed by atoms with Crippen molar-refractivity contribution in [2.24, 2.45) is 5.92 Å². The average Bonchev–Trinajstić information content (AvgIpc) is 3.00. The number of nitrogens with zero attached hydrogens (tertiary/aromatic N) is 2. The van der Waals surface area contributed by atoms with Crippen molar-refractivity contribution in [3.05, 3.63) is 33.4 Å². The zero-order valence-electron chi connectivity index (χ0n) is 15.9. The first-order chi connectivity index (χ1) is 13.4. The van der Waals surface area contributed by atoms with Crippen molar-refractivity contribution in [2.75, 3.05) is 12.4 Å². The minimum Gasteiger partial charge on any atom is -0.450 e. The van der Waals surface area contributed by atoms with E-state index in [0.29, 0.717) is 23.0 Å². The van der Waals surface area contributed by atoms with Gasteiger partial charge in [0.2, 0.25) is 5.91 Å². The van der Waals surface area contributed by atoms with Crippen LogP contribution in [0.25, 0.3) is 10.2 Å². The van der Waals surface area contributed by atoms with E-state index in [1.54, 1.807) is 28.9 Å². The maximum Gasteiger partial charge on any atom is 0.413 e. The van der Waals surface area contributed by atoms with Crippen LogP contribution in [-0.4, -0.2) is 33.9 Å². The standard InChI is InChI=1S/C19H23N3O4S2/c1-4-8-22-17(24)15-12-7-6-11(3)9-13(12)28-16(15)21-18(22)27-10-14(23)20-19(25)26-5-2/h4,11H,1,5-10H2,2-3H3,(H,20,23,25). The van der Waals surface area contributed by atoms with Gasteiger partial charge in [0.1, 0.15) is 4.83 Å². The SMILES string of the molecule is C=CCn1c(SCC(=O)NC(=O)OCC)nc2sc3c(c2c1=O)CCC(C)C3. The average molecular weight is 422 g/mol. The van der Waals surface area contributed by atoms with Gasteiger partial charge in [-0.3, -0.25) is 19.5 Å². The minimum absolute atomic E-state index is 0.0456. The fraction of sp³-hybridized carbons (Fsp3) is 0.474. The summed E-state index contributed by atoms with van der Waals surface area (Å²) in [6, 6.07) is 0. The molecule has 28 heavy (non-hydrogen) atoms. The lowest BCUT2D eigenvalue weighted by Gasteiger charge is -2.17. The fourth-order valence-corrected chi connectivity index (χ4v) is 5.48. The maximum atomic E-state index is 13.2. The third-order valence-corrected chi connectivity index (χ3v) is 6.67. The lowest BCUT2D eigenvalue weighted by molar-refractivity contribution is -0.117.